The fraction of sp³-hybridized carbons (Fsp3) is 0.412. The molecule has 2 N–H and O–H groups in total. The molecule has 0 fully saturated rings. The number of benzene rings is 1. The number of nitrogens with two attached hydrogens (primary N) is 1. The largest absolute Gasteiger partial charge is 0.324 e. The zero-order valence-corrected chi connectivity index (χ0v) is 13.3. The zero-order chi connectivity index (χ0) is 15.4. The molecule has 0 amide bonds. The molecule has 1 aliphatic rings. The van der Waals surface area contributed by atoms with E-state index < -0.39 is 0 Å². The van der Waals surface area contributed by atoms with Gasteiger partial charge in [-0.1, -0.05) is 25.4 Å². The third-order valence-electron chi connectivity index (χ3n) is 4.29. The highest BCUT2D eigenvalue weighted by Crippen LogP contribution is 2.42. The summed E-state index contributed by atoms with van der Waals surface area (Å²) >= 11 is 5.86. The molecule has 1 aromatic carbocycles. The van der Waals surface area contributed by atoms with Crippen LogP contribution in [0.5, 0.6) is 0 Å². The zero-order valence-electron chi connectivity index (χ0n) is 12.6. The number of aromatic nitrogens is 1. The maximum absolute atomic E-state index is 14.3. The van der Waals surface area contributed by atoms with E-state index in [0.717, 1.165) is 29.8 Å². The van der Waals surface area contributed by atoms with Crippen molar-refractivity contribution in [2.45, 2.75) is 39.7 Å². The SMILES string of the molecule is Cc1cc2c(n1-c1ccc(Cl)cc1F)CC(C)(C)CC2N. The van der Waals surface area contributed by atoms with Crippen LogP contribution in [-0.4, -0.2) is 4.57 Å². The van der Waals surface area contributed by atoms with Gasteiger partial charge in [0, 0.05) is 22.5 Å². The van der Waals surface area contributed by atoms with E-state index in [1.165, 1.54) is 6.07 Å². The molecule has 0 spiro atoms. The van der Waals surface area contributed by atoms with Crippen molar-refractivity contribution in [3.8, 4) is 5.69 Å². The lowest BCUT2D eigenvalue weighted by Gasteiger charge is -2.34. The van der Waals surface area contributed by atoms with Gasteiger partial charge in [-0.2, -0.15) is 0 Å². The minimum absolute atomic E-state index is 0.0130. The van der Waals surface area contributed by atoms with Crippen molar-refractivity contribution >= 4 is 11.6 Å². The van der Waals surface area contributed by atoms with Crippen molar-refractivity contribution in [3.63, 3.8) is 0 Å². The highest BCUT2D eigenvalue weighted by Gasteiger charge is 2.33. The number of rotatable bonds is 1. The van der Waals surface area contributed by atoms with Gasteiger partial charge in [-0.25, -0.2) is 4.39 Å². The summed E-state index contributed by atoms with van der Waals surface area (Å²) in [5, 5.41) is 0.409. The molecule has 1 unspecified atom stereocenters. The molecular formula is C17H20ClFN2. The Hall–Kier alpha value is -1.32. The molecule has 1 aromatic heterocycles. The highest BCUT2D eigenvalue weighted by molar-refractivity contribution is 6.30. The smallest absolute Gasteiger partial charge is 0.148 e. The van der Waals surface area contributed by atoms with Gasteiger partial charge in [-0.05, 0) is 55.0 Å². The van der Waals surface area contributed by atoms with Crippen LogP contribution in [-0.2, 0) is 6.42 Å². The lowest BCUT2D eigenvalue weighted by Crippen LogP contribution is -2.30. The van der Waals surface area contributed by atoms with Crippen LogP contribution < -0.4 is 5.73 Å². The number of hydrogen-bond donors (Lipinski definition) is 1. The molecule has 0 saturated heterocycles. The van der Waals surface area contributed by atoms with E-state index in [9.17, 15) is 4.39 Å². The normalized spacial score (nSPS) is 20.4. The first-order valence-electron chi connectivity index (χ1n) is 7.21. The maximum atomic E-state index is 14.3. The molecule has 0 radical (unpaired) electrons. The fourth-order valence-electron chi connectivity index (χ4n) is 3.45. The van der Waals surface area contributed by atoms with Gasteiger partial charge in [0.05, 0.1) is 5.69 Å². The summed E-state index contributed by atoms with van der Waals surface area (Å²) in [5.41, 5.74) is 10.3. The second-order valence-corrected chi connectivity index (χ2v) is 7.21. The Morgan fingerprint density at radius 2 is 2.05 bits per heavy atom. The summed E-state index contributed by atoms with van der Waals surface area (Å²) in [7, 11) is 0. The minimum Gasteiger partial charge on any atom is -0.324 e. The monoisotopic (exact) mass is 306 g/mol. The summed E-state index contributed by atoms with van der Waals surface area (Å²) in [6.07, 6.45) is 1.85. The Bertz CT molecular complexity index is 703. The van der Waals surface area contributed by atoms with Gasteiger partial charge in [-0.3, -0.25) is 0 Å². The van der Waals surface area contributed by atoms with Crippen LogP contribution in [0.3, 0.4) is 0 Å². The van der Waals surface area contributed by atoms with Crippen LogP contribution in [0, 0.1) is 18.2 Å². The fourth-order valence-corrected chi connectivity index (χ4v) is 3.60. The standard InChI is InChI=1S/C17H20ClFN2/c1-10-6-12-14(20)8-17(2,3)9-16(12)21(10)15-5-4-11(18)7-13(15)19/h4-7,14H,8-9,20H2,1-3H3. The first-order chi connectivity index (χ1) is 9.78. The van der Waals surface area contributed by atoms with Gasteiger partial charge in [0.15, 0.2) is 0 Å². The van der Waals surface area contributed by atoms with E-state index in [1.807, 2.05) is 11.5 Å². The molecule has 0 saturated carbocycles. The third kappa shape index (κ3) is 2.49. The van der Waals surface area contributed by atoms with Crippen LogP contribution in [0.25, 0.3) is 5.69 Å². The van der Waals surface area contributed by atoms with E-state index in [-0.39, 0.29) is 17.3 Å². The van der Waals surface area contributed by atoms with E-state index in [4.69, 9.17) is 17.3 Å². The molecular weight excluding hydrogens is 287 g/mol. The molecule has 2 aromatic rings. The van der Waals surface area contributed by atoms with Gasteiger partial charge in [-0.15, -0.1) is 0 Å². The summed E-state index contributed by atoms with van der Waals surface area (Å²) < 4.78 is 16.3. The van der Waals surface area contributed by atoms with Gasteiger partial charge >= 0.3 is 0 Å². The molecule has 4 heteroatoms. The lowest BCUT2D eigenvalue weighted by molar-refractivity contribution is 0.278. The number of aryl methyl sites for hydroxylation is 1. The number of fused-ring (bicyclic) bond motifs is 1. The molecule has 112 valence electrons. The predicted molar refractivity (Wildman–Crippen MR) is 84.5 cm³/mol. The Kier molecular flexibility index (Phi) is 3.38. The quantitative estimate of drug-likeness (QED) is 0.823. The molecule has 1 heterocycles. The van der Waals surface area contributed by atoms with E-state index in [2.05, 4.69) is 19.9 Å². The molecule has 0 bridgehead atoms. The Morgan fingerprint density at radius 3 is 2.71 bits per heavy atom. The Balaban J connectivity index is 2.21. The number of nitrogens with zero attached hydrogens (tertiary/aromatic N) is 1. The average molecular weight is 307 g/mol. The third-order valence-corrected chi connectivity index (χ3v) is 4.52. The first kappa shape index (κ1) is 14.6. The second kappa shape index (κ2) is 4.85. The molecule has 3 rings (SSSR count). The van der Waals surface area contributed by atoms with Crippen molar-refractivity contribution < 1.29 is 4.39 Å². The van der Waals surface area contributed by atoms with Crippen molar-refractivity contribution in [2.75, 3.05) is 0 Å². The van der Waals surface area contributed by atoms with Crippen LogP contribution in [0.4, 0.5) is 4.39 Å². The molecule has 1 atom stereocenters. The maximum Gasteiger partial charge on any atom is 0.148 e. The topological polar surface area (TPSA) is 30.9 Å². The van der Waals surface area contributed by atoms with Gasteiger partial charge < -0.3 is 10.3 Å². The molecule has 0 aliphatic heterocycles. The van der Waals surface area contributed by atoms with Crippen LogP contribution in [0.1, 0.15) is 43.3 Å². The van der Waals surface area contributed by atoms with Crippen LogP contribution in [0.2, 0.25) is 5.02 Å². The van der Waals surface area contributed by atoms with Crippen molar-refractivity contribution in [3.05, 3.63) is 52.1 Å². The molecule has 1 aliphatic carbocycles. The van der Waals surface area contributed by atoms with Crippen LogP contribution >= 0.6 is 11.6 Å². The van der Waals surface area contributed by atoms with Gasteiger partial charge in [0.1, 0.15) is 5.82 Å². The molecule has 21 heavy (non-hydrogen) atoms. The van der Waals surface area contributed by atoms with E-state index >= 15 is 0 Å². The number of hydrogen-bond acceptors (Lipinski definition) is 1. The Morgan fingerprint density at radius 1 is 1.33 bits per heavy atom. The van der Waals surface area contributed by atoms with E-state index in [1.54, 1.807) is 12.1 Å². The van der Waals surface area contributed by atoms with Gasteiger partial charge in [0.25, 0.3) is 0 Å². The van der Waals surface area contributed by atoms with Crippen molar-refractivity contribution in [1.82, 2.24) is 4.57 Å². The second-order valence-electron chi connectivity index (χ2n) is 6.77. The van der Waals surface area contributed by atoms with Crippen molar-refractivity contribution in [2.24, 2.45) is 11.1 Å². The summed E-state index contributed by atoms with van der Waals surface area (Å²) in [5.74, 6) is -0.305. The average Bonchev–Trinajstić information content (AvgIpc) is 2.65. The minimum atomic E-state index is -0.305. The molecule has 2 nitrogen and oxygen atoms in total. The van der Waals surface area contributed by atoms with Crippen molar-refractivity contribution in [1.29, 1.82) is 0 Å². The predicted octanol–water partition coefficient (Wildman–Crippen LogP) is 4.55. The summed E-state index contributed by atoms with van der Waals surface area (Å²) in [6.45, 7) is 6.41. The number of halogens is 2. The van der Waals surface area contributed by atoms with Gasteiger partial charge in [0.2, 0.25) is 0 Å². The lowest BCUT2D eigenvalue weighted by atomic mass is 9.74. The summed E-state index contributed by atoms with van der Waals surface area (Å²) in [6, 6.07) is 6.91. The highest BCUT2D eigenvalue weighted by atomic mass is 35.5. The summed E-state index contributed by atoms with van der Waals surface area (Å²) in [4.78, 5) is 0. The van der Waals surface area contributed by atoms with Crippen LogP contribution in [0.15, 0.2) is 24.3 Å². The first-order valence-corrected chi connectivity index (χ1v) is 7.58. The van der Waals surface area contributed by atoms with E-state index in [0.29, 0.717) is 10.7 Å². The Labute approximate surface area is 129 Å².